The van der Waals surface area contributed by atoms with E-state index in [1.54, 1.807) is 30.0 Å². The van der Waals surface area contributed by atoms with Gasteiger partial charge in [-0.05, 0) is 29.7 Å². The first-order valence-corrected chi connectivity index (χ1v) is 8.71. The van der Waals surface area contributed by atoms with Crippen molar-refractivity contribution in [3.05, 3.63) is 74.8 Å². The summed E-state index contributed by atoms with van der Waals surface area (Å²) >= 11 is 1.62. The van der Waals surface area contributed by atoms with Gasteiger partial charge in [-0.25, -0.2) is 0 Å². The molecule has 0 unspecified atom stereocenters. The number of rotatable bonds is 3. The number of nitro benzene ring substituents is 1. The number of Topliss-reactive ketones (excluding diaryl/α,β-unsaturated/α-hetero) is 1. The molecule has 0 fully saturated rings. The predicted octanol–water partition coefficient (Wildman–Crippen LogP) is 5.09. The van der Waals surface area contributed by atoms with Gasteiger partial charge in [0, 0.05) is 33.4 Å². The number of carbonyl (C=O) groups excluding carboxylic acids is 1. The summed E-state index contributed by atoms with van der Waals surface area (Å²) in [7, 11) is 0. The Balaban J connectivity index is 1.99. The van der Waals surface area contributed by atoms with Gasteiger partial charge < -0.3 is 0 Å². The van der Waals surface area contributed by atoms with Crippen LogP contribution in [0.3, 0.4) is 0 Å². The maximum atomic E-state index is 12.6. The average Bonchev–Trinajstić information content (AvgIpc) is 2.57. The van der Waals surface area contributed by atoms with E-state index in [9.17, 15) is 14.9 Å². The van der Waals surface area contributed by atoms with Crippen molar-refractivity contribution in [1.82, 2.24) is 0 Å². The molecule has 0 radical (unpaired) electrons. The second-order valence-electron chi connectivity index (χ2n) is 6.01. The third-order valence-electron chi connectivity index (χ3n) is 4.02. The van der Waals surface area contributed by atoms with Crippen LogP contribution in [0.15, 0.2) is 52.9 Å². The second-order valence-corrected chi connectivity index (χ2v) is 7.03. The Labute approximate surface area is 144 Å². The molecule has 2 aromatic carbocycles. The number of hydrogen-bond donors (Lipinski definition) is 0. The molecule has 122 valence electrons. The highest BCUT2D eigenvalue weighted by Gasteiger charge is 2.22. The number of thioether (sulfide) groups is 1. The number of nitro groups is 1. The van der Waals surface area contributed by atoms with Gasteiger partial charge in [0.1, 0.15) is 0 Å². The van der Waals surface area contributed by atoms with Gasteiger partial charge in [0.25, 0.3) is 5.69 Å². The van der Waals surface area contributed by atoms with Crippen molar-refractivity contribution in [3.63, 3.8) is 0 Å². The normalized spacial score (nSPS) is 15.6. The number of ketones is 1. The van der Waals surface area contributed by atoms with E-state index < -0.39 is 0 Å². The van der Waals surface area contributed by atoms with E-state index in [0.717, 1.165) is 4.90 Å². The second kappa shape index (κ2) is 6.61. The molecule has 0 N–H and O–H groups in total. The standard InChI is InChI=1S/C19H17NO3S/c1-12(2)15-8-7-13(10-17(15)20(22)23)9-14-11-24-18-6-4-3-5-16(18)19(14)21/h3-10,12H,11H2,1-2H3/b14-9+. The van der Waals surface area contributed by atoms with Crippen LogP contribution < -0.4 is 0 Å². The average molecular weight is 339 g/mol. The van der Waals surface area contributed by atoms with Gasteiger partial charge in [-0.3, -0.25) is 14.9 Å². The fourth-order valence-electron chi connectivity index (χ4n) is 2.78. The first kappa shape index (κ1) is 16.5. The molecule has 2 aromatic rings. The minimum atomic E-state index is -0.357. The van der Waals surface area contributed by atoms with Gasteiger partial charge in [-0.2, -0.15) is 0 Å². The Bertz CT molecular complexity index is 855. The molecule has 0 saturated heterocycles. The molecule has 0 atom stereocenters. The maximum absolute atomic E-state index is 12.6. The van der Waals surface area contributed by atoms with Gasteiger partial charge in [0.2, 0.25) is 0 Å². The van der Waals surface area contributed by atoms with Crippen LogP contribution in [0.1, 0.15) is 41.3 Å². The van der Waals surface area contributed by atoms with Crippen molar-refractivity contribution in [2.75, 3.05) is 5.75 Å². The lowest BCUT2D eigenvalue weighted by Crippen LogP contribution is -2.12. The van der Waals surface area contributed by atoms with Gasteiger partial charge in [-0.1, -0.05) is 38.1 Å². The minimum Gasteiger partial charge on any atom is -0.289 e. The minimum absolute atomic E-state index is 0.0000563. The molecule has 5 heteroatoms. The Kier molecular flexibility index (Phi) is 4.53. The molecule has 1 heterocycles. The molecule has 0 saturated carbocycles. The van der Waals surface area contributed by atoms with Gasteiger partial charge in [0.05, 0.1) is 4.92 Å². The topological polar surface area (TPSA) is 60.2 Å². The number of benzene rings is 2. The highest BCUT2D eigenvalue weighted by molar-refractivity contribution is 7.99. The van der Waals surface area contributed by atoms with Crippen LogP contribution >= 0.6 is 11.8 Å². The van der Waals surface area contributed by atoms with Crippen LogP contribution in [0.25, 0.3) is 6.08 Å². The highest BCUT2D eigenvalue weighted by Crippen LogP contribution is 2.34. The summed E-state index contributed by atoms with van der Waals surface area (Å²) in [4.78, 5) is 24.5. The lowest BCUT2D eigenvalue weighted by atomic mass is 9.97. The summed E-state index contributed by atoms with van der Waals surface area (Å²) in [6.07, 6.45) is 1.77. The fraction of sp³-hybridized carbons (Fsp3) is 0.211. The zero-order valence-electron chi connectivity index (χ0n) is 13.5. The van der Waals surface area contributed by atoms with Crippen LogP contribution in [0, 0.1) is 10.1 Å². The fourth-order valence-corrected chi connectivity index (χ4v) is 3.80. The summed E-state index contributed by atoms with van der Waals surface area (Å²) in [6, 6.07) is 12.7. The third kappa shape index (κ3) is 3.12. The summed E-state index contributed by atoms with van der Waals surface area (Å²) in [6.45, 7) is 3.86. The summed E-state index contributed by atoms with van der Waals surface area (Å²) < 4.78 is 0. The zero-order valence-corrected chi connectivity index (χ0v) is 14.3. The first-order valence-electron chi connectivity index (χ1n) is 7.73. The van der Waals surface area contributed by atoms with Gasteiger partial charge in [0.15, 0.2) is 5.78 Å². The number of carbonyl (C=O) groups is 1. The molecule has 0 bridgehead atoms. The van der Waals surface area contributed by atoms with E-state index in [-0.39, 0.29) is 22.3 Å². The molecule has 4 nitrogen and oxygen atoms in total. The monoisotopic (exact) mass is 339 g/mol. The smallest absolute Gasteiger partial charge is 0.273 e. The molecule has 0 amide bonds. The van der Waals surface area contributed by atoms with E-state index in [0.29, 0.717) is 28.0 Å². The van der Waals surface area contributed by atoms with E-state index in [1.807, 2.05) is 44.2 Å². The maximum Gasteiger partial charge on any atom is 0.273 e. The largest absolute Gasteiger partial charge is 0.289 e. The SMILES string of the molecule is CC(C)c1ccc(/C=C2\CSc3ccccc3C2=O)cc1[N+](=O)[O-]. The molecule has 1 aliphatic heterocycles. The van der Waals surface area contributed by atoms with Gasteiger partial charge >= 0.3 is 0 Å². The van der Waals surface area contributed by atoms with Crippen LogP contribution in [-0.4, -0.2) is 16.5 Å². The molecule has 0 aliphatic carbocycles. The highest BCUT2D eigenvalue weighted by atomic mass is 32.2. The molecule has 24 heavy (non-hydrogen) atoms. The van der Waals surface area contributed by atoms with Crippen molar-refractivity contribution in [3.8, 4) is 0 Å². The first-order chi connectivity index (χ1) is 11.5. The third-order valence-corrected chi connectivity index (χ3v) is 5.14. The van der Waals surface area contributed by atoms with Crippen molar-refractivity contribution in [2.24, 2.45) is 0 Å². The zero-order chi connectivity index (χ0) is 17.3. The van der Waals surface area contributed by atoms with Crippen molar-refractivity contribution < 1.29 is 9.72 Å². The van der Waals surface area contributed by atoms with Crippen LogP contribution in [-0.2, 0) is 0 Å². The number of hydrogen-bond acceptors (Lipinski definition) is 4. The molecular formula is C19H17NO3S. The summed E-state index contributed by atoms with van der Waals surface area (Å²) in [5, 5.41) is 11.3. The van der Waals surface area contributed by atoms with E-state index >= 15 is 0 Å². The Morgan fingerprint density at radius 1 is 1.21 bits per heavy atom. The van der Waals surface area contributed by atoms with Crippen LogP contribution in [0.2, 0.25) is 0 Å². The molecule has 0 spiro atoms. The molecule has 3 rings (SSSR count). The number of fused-ring (bicyclic) bond motifs is 1. The quantitative estimate of drug-likeness (QED) is 0.444. The Hall–Kier alpha value is -2.40. The Morgan fingerprint density at radius 3 is 2.67 bits per heavy atom. The number of nitrogens with zero attached hydrogens (tertiary/aromatic N) is 1. The van der Waals surface area contributed by atoms with Crippen LogP contribution in [0.5, 0.6) is 0 Å². The molecular weight excluding hydrogens is 322 g/mol. The van der Waals surface area contributed by atoms with E-state index in [2.05, 4.69) is 0 Å². The van der Waals surface area contributed by atoms with Crippen molar-refractivity contribution >= 4 is 29.3 Å². The van der Waals surface area contributed by atoms with Crippen molar-refractivity contribution in [1.29, 1.82) is 0 Å². The molecule has 0 aromatic heterocycles. The van der Waals surface area contributed by atoms with Crippen molar-refractivity contribution in [2.45, 2.75) is 24.7 Å². The summed E-state index contributed by atoms with van der Waals surface area (Å²) in [5.74, 6) is 0.654. The Morgan fingerprint density at radius 2 is 1.96 bits per heavy atom. The van der Waals surface area contributed by atoms with Crippen LogP contribution in [0.4, 0.5) is 5.69 Å². The predicted molar refractivity (Wildman–Crippen MR) is 96.7 cm³/mol. The van der Waals surface area contributed by atoms with Gasteiger partial charge in [-0.15, -0.1) is 11.8 Å². The lowest BCUT2D eigenvalue weighted by molar-refractivity contribution is -0.385. The van der Waals surface area contributed by atoms with E-state index in [4.69, 9.17) is 0 Å². The summed E-state index contributed by atoms with van der Waals surface area (Å²) in [5.41, 5.74) is 2.88. The lowest BCUT2D eigenvalue weighted by Gasteiger charge is -2.16. The molecule has 1 aliphatic rings. The van der Waals surface area contributed by atoms with E-state index in [1.165, 1.54) is 0 Å².